The van der Waals surface area contributed by atoms with Gasteiger partial charge in [-0.25, -0.2) is 0 Å². The second kappa shape index (κ2) is 6.76. The minimum absolute atomic E-state index is 0.174. The van der Waals surface area contributed by atoms with Crippen molar-refractivity contribution in [3.05, 3.63) is 83.4 Å². The zero-order valence-electron chi connectivity index (χ0n) is 13.3. The SMILES string of the molecule is Cc1cccc(C(CN)C(=O)Cc2ccc3ccccc3c2)c1. The highest BCUT2D eigenvalue weighted by Gasteiger charge is 2.19. The molecular weight excluding hydrogens is 282 g/mol. The monoisotopic (exact) mass is 303 g/mol. The summed E-state index contributed by atoms with van der Waals surface area (Å²) >= 11 is 0. The van der Waals surface area contributed by atoms with Crippen molar-refractivity contribution < 1.29 is 4.79 Å². The molecule has 0 aromatic heterocycles. The number of benzene rings is 3. The van der Waals surface area contributed by atoms with Crippen LogP contribution in [0.25, 0.3) is 10.8 Å². The van der Waals surface area contributed by atoms with E-state index in [4.69, 9.17) is 5.73 Å². The summed E-state index contributed by atoms with van der Waals surface area (Å²) in [6.07, 6.45) is 0.417. The Kier molecular flexibility index (Phi) is 4.54. The van der Waals surface area contributed by atoms with E-state index in [1.807, 2.05) is 43.3 Å². The topological polar surface area (TPSA) is 43.1 Å². The molecule has 0 amide bonds. The van der Waals surface area contributed by atoms with Crippen LogP contribution in [-0.4, -0.2) is 12.3 Å². The van der Waals surface area contributed by atoms with Gasteiger partial charge in [-0.1, -0.05) is 72.3 Å². The van der Waals surface area contributed by atoms with Gasteiger partial charge >= 0.3 is 0 Å². The van der Waals surface area contributed by atoms with Gasteiger partial charge in [0.25, 0.3) is 0 Å². The molecule has 0 radical (unpaired) electrons. The first-order chi connectivity index (χ1) is 11.2. The summed E-state index contributed by atoms with van der Waals surface area (Å²) in [5, 5.41) is 2.36. The van der Waals surface area contributed by atoms with E-state index in [0.717, 1.165) is 22.1 Å². The molecule has 0 aliphatic rings. The van der Waals surface area contributed by atoms with E-state index in [2.05, 4.69) is 30.3 Å². The second-order valence-corrected chi connectivity index (χ2v) is 6.03. The standard InChI is InChI=1S/C21H21NO/c1-15-5-4-8-19(11-15)20(14-22)21(23)13-16-9-10-17-6-2-3-7-18(17)12-16/h2-12,20H,13-14,22H2,1H3. The third-order valence-corrected chi connectivity index (χ3v) is 4.26. The Morgan fingerprint density at radius 1 is 0.957 bits per heavy atom. The van der Waals surface area contributed by atoms with Crippen molar-refractivity contribution in [1.29, 1.82) is 0 Å². The van der Waals surface area contributed by atoms with E-state index in [0.29, 0.717) is 13.0 Å². The molecular formula is C21H21NO. The van der Waals surface area contributed by atoms with Crippen molar-refractivity contribution in [2.24, 2.45) is 5.73 Å². The first kappa shape index (κ1) is 15.4. The largest absolute Gasteiger partial charge is 0.329 e. The van der Waals surface area contributed by atoms with Crippen LogP contribution in [0.1, 0.15) is 22.6 Å². The van der Waals surface area contributed by atoms with Gasteiger partial charge in [0.1, 0.15) is 5.78 Å². The minimum Gasteiger partial charge on any atom is -0.329 e. The summed E-state index contributed by atoms with van der Waals surface area (Å²) in [5.74, 6) is -0.0604. The number of aryl methyl sites for hydroxylation is 1. The molecule has 0 aliphatic carbocycles. The summed E-state index contributed by atoms with van der Waals surface area (Å²) in [7, 11) is 0. The zero-order valence-corrected chi connectivity index (χ0v) is 13.3. The number of hydrogen-bond donors (Lipinski definition) is 1. The first-order valence-corrected chi connectivity index (χ1v) is 7.94. The highest BCUT2D eigenvalue weighted by atomic mass is 16.1. The maximum absolute atomic E-state index is 12.7. The number of carbonyl (C=O) groups excluding carboxylic acids is 1. The molecule has 0 aliphatic heterocycles. The van der Waals surface area contributed by atoms with Gasteiger partial charge in [0.2, 0.25) is 0 Å². The maximum atomic E-state index is 12.7. The van der Waals surface area contributed by atoms with Gasteiger partial charge in [0.05, 0.1) is 5.92 Å². The number of nitrogens with two attached hydrogens (primary N) is 1. The van der Waals surface area contributed by atoms with Crippen molar-refractivity contribution in [2.75, 3.05) is 6.54 Å². The molecule has 2 N–H and O–H groups in total. The fourth-order valence-corrected chi connectivity index (χ4v) is 3.01. The second-order valence-electron chi connectivity index (χ2n) is 6.03. The lowest BCUT2D eigenvalue weighted by molar-refractivity contribution is -0.119. The Balaban J connectivity index is 1.83. The third-order valence-electron chi connectivity index (χ3n) is 4.26. The van der Waals surface area contributed by atoms with Crippen molar-refractivity contribution in [1.82, 2.24) is 0 Å². The highest BCUT2D eigenvalue weighted by Crippen LogP contribution is 2.21. The van der Waals surface area contributed by atoms with Crippen molar-refractivity contribution >= 4 is 16.6 Å². The summed E-state index contributed by atoms with van der Waals surface area (Å²) in [4.78, 5) is 12.7. The van der Waals surface area contributed by atoms with Gasteiger partial charge in [0.15, 0.2) is 0 Å². The molecule has 116 valence electrons. The van der Waals surface area contributed by atoms with Crippen LogP contribution >= 0.6 is 0 Å². The molecule has 0 saturated carbocycles. The number of ketones is 1. The molecule has 0 heterocycles. The van der Waals surface area contributed by atoms with E-state index in [-0.39, 0.29) is 11.7 Å². The van der Waals surface area contributed by atoms with E-state index in [1.165, 1.54) is 5.39 Å². The lowest BCUT2D eigenvalue weighted by atomic mass is 9.90. The molecule has 1 unspecified atom stereocenters. The molecule has 3 aromatic rings. The maximum Gasteiger partial charge on any atom is 0.145 e. The average Bonchev–Trinajstić information content (AvgIpc) is 2.55. The Bertz CT molecular complexity index is 838. The van der Waals surface area contributed by atoms with Crippen LogP contribution < -0.4 is 5.73 Å². The lowest BCUT2D eigenvalue weighted by Gasteiger charge is -2.15. The molecule has 2 nitrogen and oxygen atoms in total. The van der Waals surface area contributed by atoms with E-state index in [9.17, 15) is 4.79 Å². The van der Waals surface area contributed by atoms with E-state index < -0.39 is 0 Å². The molecule has 23 heavy (non-hydrogen) atoms. The predicted molar refractivity (Wildman–Crippen MR) is 95.6 cm³/mol. The Morgan fingerprint density at radius 3 is 2.48 bits per heavy atom. The van der Waals surface area contributed by atoms with Gasteiger partial charge in [0, 0.05) is 13.0 Å². The smallest absolute Gasteiger partial charge is 0.145 e. The van der Waals surface area contributed by atoms with Gasteiger partial charge in [-0.2, -0.15) is 0 Å². The van der Waals surface area contributed by atoms with Crippen LogP contribution in [0, 0.1) is 6.92 Å². The number of carbonyl (C=O) groups is 1. The first-order valence-electron chi connectivity index (χ1n) is 7.94. The summed E-state index contributed by atoms with van der Waals surface area (Å²) in [5.41, 5.74) is 9.09. The predicted octanol–water partition coefficient (Wildman–Crippen LogP) is 4.00. The molecule has 3 aromatic carbocycles. The average molecular weight is 303 g/mol. The molecule has 1 atom stereocenters. The van der Waals surface area contributed by atoms with Gasteiger partial charge in [-0.05, 0) is 28.8 Å². The number of Topliss-reactive ketones (excluding diaryl/α,β-unsaturated/α-hetero) is 1. The zero-order chi connectivity index (χ0) is 16.2. The molecule has 0 bridgehead atoms. The number of rotatable bonds is 5. The van der Waals surface area contributed by atoms with Crippen molar-refractivity contribution in [3.63, 3.8) is 0 Å². The fraction of sp³-hybridized carbons (Fsp3) is 0.190. The molecule has 0 fully saturated rings. The van der Waals surface area contributed by atoms with Crippen molar-refractivity contribution in [3.8, 4) is 0 Å². The number of fused-ring (bicyclic) bond motifs is 1. The van der Waals surface area contributed by atoms with Crippen LogP contribution in [0.5, 0.6) is 0 Å². The number of hydrogen-bond acceptors (Lipinski definition) is 2. The highest BCUT2D eigenvalue weighted by molar-refractivity contribution is 5.90. The minimum atomic E-state index is -0.235. The summed E-state index contributed by atoms with van der Waals surface area (Å²) < 4.78 is 0. The van der Waals surface area contributed by atoms with Crippen LogP contribution in [0.3, 0.4) is 0 Å². The normalized spacial score (nSPS) is 12.3. The van der Waals surface area contributed by atoms with Crippen LogP contribution in [0.15, 0.2) is 66.7 Å². The van der Waals surface area contributed by atoms with Gasteiger partial charge < -0.3 is 5.73 Å². The Labute approximate surface area is 136 Å². The van der Waals surface area contributed by atoms with Gasteiger partial charge in [-0.15, -0.1) is 0 Å². The van der Waals surface area contributed by atoms with E-state index >= 15 is 0 Å². The Hall–Kier alpha value is -2.45. The summed E-state index contributed by atoms with van der Waals surface area (Å²) in [6, 6.07) is 22.4. The molecule has 0 saturated heterocycles. The summed E-state index contributed by atoms with van der Waals surface area (Å²) in [6.45, 7) is 2.38. The quantitative estimate of drug-likeness (QED) is 0.774. The van der Waals surface area contributed by atoms with Gasteiger partial charge in [-0.3, -0.25) is 4.79 Å². The van der Waals surface area contributed by atoms with Crippen LogP contribution in [0.2, 0.25) is 0 Å². The van der Waals surface area contributed by atoms with E-state index in [1.54, 1.807) is 0 Å². The molecule has 0 spiro atoms. The molecule has 3 rings (SSSR count). The van der Waals surface area contributed by atoms with Crippen LogP contribution in [-0.2, 0) is 11.2 Å². The fourth-order valence-electron chi connectivity index (χ4n) is 3.01. The third kappa shape index (κ3) is 3.49. The lowest BCUT2D eigenvalue weighted by Crippen LogP contribution is -2.23. The Morgan fingerprint density at radius 2 is 1.74 bits per heavy atom. The molecule has 2 heteroatoms. The van der Waals surface area contributed by atoms with Crippen molar-refractivity contribution in [2.45, 2.75) is 19.3 Å². The van der Waals surface area contributed by atoms with Crippen LogP contribution in [0.4, 0.5) is 0 Å².